The number of aliphatic imine (C=N–C) groups is 1. The number of sulfonamides is 1. The number of guanidine groups is 1. The van der Waals surface area contributed by atoms with E-state index in [2.05, 4.69) is 29.5 Å². The van der Waals surface area contributed by atoms with Gasteiger partial charge in [-0.15, -0.1) is 35.3 Å². The van der Waals surface area contributed by atoms with Gasteiger partial charge in [0.2, 0.25) is 10.0 Å². The molecule has 9 heteroatoms. The summed E-state index contributed by atoms with van der Waals surface area (Å²) in [5.74, 6) is 1.41. The number of nitrogens with two attached hydrogens (primary N) is 1. The Morgan fingerprint density at radius 2 is 2.00 bits per heavy atom. The Bertz CT molecular complexity index is 617. The summed E-state index contributed by atoms with van der Waals surface area (Å²) in [6, 6.07) is 3.29. The number of nitrogens with one attached hydrogen (secondary N) is 2. The zero-order chi connectivity index (χ0) is 18.0. The molecule has 4 N–H and O–H groups in total. The van der Waals surface area contributed by atoms with Crippen molar-refractivity contribution in [2.24, 2.45) is 16.0 Å². The summed E-state index contributed by atoms with van der Waals surface area (Å²) in [5, 5.41) is 11.7. The molecule has 1 atom stereocenters. The van der Waals surface area contributed by atoms with Crippen LogP contribution in [0.2, 0.25) is 0 Å². The lowest BCUT2D eigenvalue weighted by Crippen LogP contribution is -2.39. The fourth-order valence-electron chi connectivity index (χ4n) is 2.28. The van der Waals surface area contributed by atoms with Gasteiger partial charge < -0.3 is 10.6 Å². The monoisotopic (exact) mass is 502 g/mol. The topological polar surface area (TPSA) is 96.6 Å². The predicted octanol–water partition coefficient (Wildman–Crippen LogP) is 3.29. The Balaban J connectivity index is 0.00000576. The van der Waals surface area contributed by atoms with Gasteiger partial charge in [-0.25, -0.2) is 18.5 Å². The molecule has 0 saturated heterocycles. The second kappa shape index (κ2) is 12.9. The van der Waals surface area contributed by atoms with Crippen LogP contribution in [0.25, 0.3) is 0 Å². The third kappa shape index (κ3) is 9.76. The molecule has 0 saturated carbocycles. The van der Waals surface area contributed by atoms with Crippen LogP contribution in [-0.4, -0.2) is 27.5 Å². The molecule has 0 aliphatic heterocycles. The quantitative estimate of drug-likeness (QED) is 0.260. The SMILES string of the molecule is CCCCC(CC)CNC(=NCc1ccc(S(N)(=O)=O)s1)NCC.I. The van der Waals surface area contributed by atoms with E-state index in [0.29, 0.717) is 12.5 Å². The van der Waals surface area contributed by atoms with E-state index in [0.717, 1.165) is 41.7 Å². The minimum absolute atomic E-state index is 0. The van der Waals surface area contributed by atoms with Crippen molar-refractivity contribution < 1.29 is 8.42 Å². The highest BCUT2D eigenvalue weighted by molar-refractivity contribution is 14.0. The molecule has 1 rings (SSSR count). The summed E-state index contributed by atoms with van der Waals surface area (Å²) in [6.45, 7) is 8.56. The van der Waals surface area contributed by atoms with Crippen LogP contribution in [0, 0.1) is 5.92 Å². The van der Waals surface area contributed by atoms with Crippen LogP contribution in [0.3, 0.4) is 0 Å². The molecule has 0 aliphatic rings. The number of unbranched alkanes of at least 4 members (excludes halogenated alkanes) is 1. The highest BCUT2D eigenvalue weighted by atomic mass is 127. The number of primary sulfonamides is 1. The lowest BCUT2D eigenvalue weighted by atomic mass is 9.99. The molecule has 0 fully saturated rings. The van der Waals surface area contributed by atoms with Gasteiger partial charge in [0.1, 0.15) is 4.21 Å². The molecule has 0 aromatic carbocycles. The fraction of sp³-hybridized carbons (Fsp3) is 0.688. The standard InChI is InChI=1S/C16H30N4O2S2.HI/c1-4-7-8-13(5-2)11-19-16(18-6-3)20-12-14-9-10-15(23-14)24(17,21)22;/h9-10,13H,4-8,11-12H2,1-3H3,(H2,17,21,22)(H2,18,19,20);1H. The zero-order valence-corrected chi connectivity index (χ0v) is 19.2. The van der Waals surface area contributed by atoms with Crippen LogP contribution in [0.5, 0.6) is 0 Å². The van der Waals surface area contributed by atoms with Crippen molar-refractivity contribution in [3.05, 3.63) is 17.0 Å². The fourth-order valence-corrected chi connectivity index (χ4v) is 3.98. The summed E-state index contributed by atoms with van der Waals surface area (Å²) in [7, 11) is -3.63. The minimum atomic E-state index is -3.63. The van der Waals surface area contributed by atoms with E-state index in [1.54, 1.807) is 6.07 Å². The summed E-state index contributed by atoms with van der Waals surface area (Å²) in [6.07, 6.45) is 4.84. The molecular weight excluding hydrogens is 471 g/mol. The molecule has 1 heterocycles. The molecule has 6 nitrogen and oxygen atoms in total. The van der Waals surface area contributed by atoms with Crippen LogP contribution < -0.4 is 15.8 Å². The van der Waals surface area contributed by atoms with E-state index < -0.39 is 10.0 Å². The first-order chi connectivity index (χ1) is 11.4. The minimum Gasteiger partial charge on any atom is -0.357 e. The Labute approximate surface area is 173 Å². The van der Waals surface area contributed by atoms with Gasteiger partial charge in [0, 0.05) is 18.0 Å². The van der Waals surface area contributed by atoms with Crippen molar-refractivity contribution in [1.29, 1.82) is 0 Å². The molecule has 0 spiro atoms. The Kier molecular flexibility index (Phi) is 12.7. The normalized spacial score (nSPS) is 13.2. The molecule has 146 valence electrons. The average molecular weight is 502 g/mol. The molecule has 1 unspecified atom stereocenters. The summed E-state index contributed by atoms with van der Waals surface area (Å²) in [5.41, 5.74) is 0. The van der Waals surface area contributed by atoms with Crippen molar-refractivity contribution in [3.8, 4) is 0 Å². The largest absolute Gasteiger partial charge is 0.357 e. The van der Waals surface area contributed by atoms with E-state index in [1.165, 1.54) is 25.3 Å². The van der Waals surface area contributed by atoms with Gasteiger partial charge in [0.15, 0.2) is 5.96 Å². The Morgan fingerprint density at radius 3 is 2.52 bits per heavy atom. The number of nitrogens with zero attached hydrogens (tertiary/aromatic N) is 1. The second-order valence-corrected chi connectivity index (χ2v) is 8.71. The van der Waals surface area contributed by atoms with Crippen LogP contribution in [0.4, 0.5) is 0 Å². The van der Waals surface area contributed by atoms with Gasteiger partial charge in [-0.3, -0.25) is 0 Å². The summed E-state index contributed by atoms with van der Waals surface area (Å²) >= 11 is 1.16. The third-order valence-corrected chi connectivity index (χ3v) is 6.26. The van der Waals surface area contributed by atoms with Gasteiger partial charge in [-0.1, -0.05) is 33.1 Å². The zero-order valence-electron chi connectivity index (χ0n) is 15.2. The van der Waals surface area contributed by atoms with Gasteiger partial charge in [-0.2, -0.15) is 0 Å². The maximum absolute atomic E-state index is 11.3. The number of hydrogen-bond donors (Lipinski definition) is 3. The van der Waals surface area contributed by atoms with E-state index >= 15 is 0 Å². The lowest BCUT2D eigenvalue weighted by molar-refractivity contribution is 0.443. The maximum Gasteiger partial charge on any atom is 0.247 e. The van der Waals surface area contributed by atoms with Gasteiger partial charge in [0.05, 0.1) is 6.54 Å². The Morgan fingerprint density at radius 1 is 1.28 bits per heavy atom. The first kappa shape index (κ1) is 24.6. The molecular formula is C16H31IN4O2S2. The maximum atomic E-state index is 11.3. The van der Waals surface area contributed by atoms with Crippen LogP contribution in [0.1, 0.15) is 51.3 Å². The molecule has 1 aromatic heterocycles. The Hall–Kier alpha value is -0.390. The van der Waals surface area contributed by atoms with Crippen molar-refractivity contribution in [3.63, 3.8) is 0 Å². The predicted molar refractivity (Wildman–Crippen MR) is 117 cm³/mol. The van der Waals surface area contributed by atoms with E-state index in [-0.39, 0.29) is 28.2 Å². The van der Waals surface area contributed by atoms with E-state index in [9.17, 15) is 8.42 Å². The lowest BCUT2D eigenvalue weighted by Gasteiger charge is -2.17. The number of thiophene rings is 1. The highest BCUT2D eigenvalue weighted by Gasteiger charge is 2.11. The third-order valence-electron chi connectivity index (χ3n) is 3.76. The molecule has 1 aromatic rings. The number of rotatable bonds is 10. The smallest absolute Gasteiger partial charge is 0.247 e. The van der Waals surface area contributed by atoms with E-state index in [1.807, 2.05) is 6.92 Å². The number of halogens is 1. The van der Waals surface area contributed by atoms with Gasteiger partial charge in [-0.05, 0) is 31.4 Å². The van der Waals surface area contributed by atoms with Crippen LogP contribution in [0.15, 0.2) is 21.3 Å². The summed E-state index contributed by atoms with van der Waals surface area (Å²) < 4.78 is 22.8. The average Bonchev–Trinajstić information content (AvgIpc) is 3.01. The van der Waals surface area contributed by atoms with Gasteiger partial charge >= 0.3 is 0 Å². The van der Waals surface area contributed by atoms with Crippen molar-refractivity contribution >= 4 is 51.3 Å². The molecule has 0 bridgehead atoms. The first-order valence-electron chi connectivity index (χ1n) is 8.54. The molecule has 25 heavy (non-hydrogen) atoms. The number of hydrogen-bond acceptors (Lipinski definition) is 4. The molecule has 0 radical (unpaired) electrons. The van der Waals surface area contributed by atoms with Crippen molar-refractivity contribution in [1.82, 2.24) is 10.6 Å². The molecule has 0 aliphatic carbocycles. The van der Waals surface area contributed by atoms with E-state index in [4.69, 9.17) is 5.14 Å². The second-order valence-electron chi connectivity index (χ2n) is 5.76. The van der Waals surface area contributed by atoms with Gasteiger partial charge in [0.25, 0.3) is 0 Å². The summed E-state index contributed by atoms with van der Waals surface area (Å²) in [4.78, 5) is 5.40. The highest BCUT2D eigenvalue weighted by Crippen LogP contribution is 2.20. The van der Waals surface area contributed by atoms with Crippen molar-refractivity contribution in [2.75, 3.05) is 13.1 Å². The first-order valence-corrected chi connectivity index (χ1v) is 10.9. The van der Waals surface area contributed by atoms with Crippen LogP contribution >= 0.6 is 35.3 Å². The van der Waals surface area contributed by atoms with Crippen LogP contribution in [-0.2, 0) is 16.6 Å². The van der Waals surface area contributed by atoms with Crippen molar-refractivity contribution in [2.45, 2.75) is 57.2 Å². The molecule has 0 amide bonds.